The number of aryl methyl sites for hydroxylation is 1. The predicted molar refractivity (Wildman–Crippen MR) is 131 cm³/mol. The normalized spacial score (nSPS) is 18.6. The molecule has 0 atom stereocenters. The molecule has 1 saturated heterocycles. The molecule has 0 spiro atoms. The Hall–Kier alpha value is -2.94. The third-order valence-electron chi connectivity index (χ3n) is 6.97. The van der Waals surface area contributed by atoms with Gasteiger partial charge < -0.3 is 19.5 Å². The van der Waals surface area contributed by atoms with Gasteiger partial charge in [0.1, 0.15) is 17.9 Å². The number of piperazine rings is 1. The standard InChI is InChI=1S/C26H37N5O4/c1-21(32)28-26(13-7-2-3-8-14-26)25-27-23(35-29-25)11-12-24(33)31-17-15-30(16-18-31)19-20-34-22-9-5-4-6-10-22/h4-6,9-10H,2-3,7-8,11-20H2,1H3,(H,28,32). The first-order valence-corrected chi connectivity index (χ1v) is 12.8. The highest BCUT2D eigenvalue weighted by Crippen LogP contribution is 2.34. The van der Waals surface area contributed by atoms with Crippen molar-refractivity contribution < 1.29 is 18.8 Å². The molecule has 2 aromatic rings. The molecule has 1 aliphatic heterocycles. The van der Waals surface area contributed by atoms with Crippen molar-refractivity contribution in [1.82, 2.24) is 25.3 Å². The van der Waals surface area contributed by atoms with Crippen LogP contribution in [0.3, 0.4) is 0 Å². The number of aromatic nitrogens is 2. The first-order valence-electron chi connectivity index (χ1n) is 12.8. The molecule has 2 fully saturated rings. The molecular formula is C26H37N5O4. The van der Waals surface area contributed by atoms with E-state index < -0.39 is 5.54 Å². The lowest BCUT2D eigenvalue weighted by Gasteiger charge is -2.34. The number of hydrogen-bond donors (Lipinski definition) is 1. The lowest BCUT2D eigenvalue weighted by atomic mass is 9.89. The molecule has 1 aromatic carbocycles. The van der Waals surface area contributed by atoms with E-state index in [1.54, 1.807) is 0 Å². The zero-order valence-electron chi connectivity index (χ0n) is 20.7. The van der Waals surface area contributed by atoms with Crippen LogP contribution in [0.1, 0.15) is 63.6 Å². The lowest BCUT2D eigenvalue weighted by molar-refractivity contribution is -0.133. The van der Waals surface area contributed by atoms with Crippen molar-refractivity contribution in [3.05, 3.63) is 42.0 Å². The Balaban J connectivity index is 1.22. The number of hydrogen-bond acceptors (Lipinski definition) is 7. The number of benzene rings is 1. The quantitative estimate of drug-likeness (QED) is 0.547. The predicted octanol–water partition coefficient (Wildman–Crippen LogP) is 2.91. The fourth-order valence-electron chi connectivity index (χ4n) is 5.03. The first-order chi connectivity index (χ1) is 17.0. The van der Waals surface area contributed by atoms with Gasteiger partial charge in [-0.05, 0) is 25.0 Å². The summed E-state index contributed by atoms with van der Waals surface area (Å²) < 4.78 is 11.3. The summed E-state index contributed by atoms with van der Waals surface area (Å²) in [5.41, 5.74) is -0.561. The fourth-order valence-corrected chi connectivity index (χ4v) is 5.03. The van der Waals surface area contributed by atoms with E-state index in [4.69, 9.17) is 9.26 Å². The van der Waals surface area contributed by atoms with Gasteiger partial charge in [0.15, 0.2) is 5.82 Å². The Labute approximate surface area is 207 Å². The van der Waals surface area contributed by atoms with Crippen LogP contribution in [0, 0.1) is 0 Å². The van der Waals surface area contributed by atoms with E-state index in [0.717, 1.165) is 63.9 Å². The van der Waals surface area contributed by atoms with Crippen molar-refractivity contribution in [2.24, 2.45) is 0 Å². The van der Waals surface area contributed by atoms with Gasteiger partial charge in [0.2, 0.25) is 17.7 Å². The lowest BCUT2D eigenvalue weighted by Crippen LogP contribution is -2.49. The Morgan fingerprint density at radius 1 is 1.06 bits per heavy atom. The smallest absolute Gasteiger partial charge is 0.227 e. The maximum absolute atomic E-state index is 12.8. The summed E-state index contributed by atoms with van der Waals surface area (Å²) in [7, 11) is 0. The second-order valence-electron chi connectivity index (χ2n) is 9.57. The van der Waals surface area contributed by atoms with Gasteiger partial charge in [0.25, 0.3) is 0 Å². The molecule has 1 saturated carbocycles. The van der Waals surface area contributed by atoms with E-state index in [1.807, 2.05) is 35.2 Å². The first kappa shape index (κ1) is 25.2. The molecule has 1 aromatic heterocycles. The van der Waals surface area contributed by atoms with Crippen molar-refractivity contribution >= 4 is 11.8 Å². The molecule has 35 heavy (non-hydrogen) atoms. The molecule has 9 nitrogen and oxygen atoms in total. The molecule has 4 rings (SSSR count). The van der Waals surface area contributed by atoms with Crippen LogP contribution in [0.2, 0.25) is 0 Å². The Morgan fingerprint density at radius 2 is 1.77 bits per heavy atom. The van der Waals surface area contributed by atoms with Crippen LogP contribution >= 0.6 is 0 Å². The maximum Gasteiger partial charge on any atom is 0.227 e. The number of amides is 2. The summed E-state index contributed by atoms with van der Waals surface area (Å²) in [6.07, 6.45) is 6.71. The molecule has 9 heteroatoms. The Bertz CT molecular complexity index is 948. The van der Waals surface area contributed by atoms with Crippen molar-refractivity contribution in [2.45, 2.75) is 63.8 Å². The molecule has 1 aliphatic carbocycles. The van der Waals surface area contributed by atoms with Crippen LogP contribution in [0.25, 0.3) is 0 Å². The van der Waals surface area contributed by atoms with Crippen LogP contribution in [0.4, 0.5) is 0 Å². The summed E-state index contributed by atoms with van der Waals surface area (Å²) in [4.78, 5) is 33.5. The Morgan fingerprint density at radius 3 is 2.46 bits per heavy atom. The maximum atomic E-state index is 12.8. The van der Waals surface area contributed by atoms with E-state index in [-0.39, 0.29) is 11.8 Å². The summed E-state index contributed by atoms with van der Waals surface area (Å²) >= 11 is 0. The minimum Gasteiger partial charge on any atom is -0.492 e. The van der Waals surface area contributed by atoms with Gasteiger partial charge in [-0.15, -0.1) is 0 Å². The summed E-state index contributed by atoms with van der Waals surface area (Å²) in [6, 6.07) is 9.82. The number of nitrogens with one attached hydrogen (secondary N) is 1. The minimum absolute atomic E-state index is 0.0841. The molecule has 0 unspecified atom stereocenters. The highest BCUT2D eigenvalue weighted by atomic mass is 16.5. The Kier molecular flexibility index (Phi) is 8.74. The highest BCUT2D eigenvalue weighted by Gasteiger charge is 2.38. The minimum atomic E-state index is -0.561. The topological polar surface area (TPSA) is 101 Å². The van der Waals surface area contributed by atoms with E-state index in [9.17, 15) is 9.59 Å². The van der Waals surface area contributed by atoms with Crippen LogP contribution in [-0.2, 0) is 21.5 Å². The molecule has 2 aliphatic rings. The molecule has 2 amide bonds. The van der Waals surface area contributed by atoms with E-state index >= 15 is 0 Å². The third kappa shape index (κ3) is 7.04. The van der Waals surface area contributed by atoms with Gasteiger partial charge in [-0.25, -0.2) is 0 Å². The number of ether oxygens (including phenoxy) is 1. The fraction of sp³-hybridized carbons (Fsp3) is 0.615. The summed E-state index contributed by atoms with van der Waals surface area (Å²) in [5.74, 6) is 1.91. The number of carbonyl (C=O) groups is 2. The largest absolute Gasteiger partial charge is 0.492 e. The zero-order valence-corrected chi connectivity index (χ0v) is 20.7. The van der Waals surface area contributed by atoms with Crippen LogP contribution in [0.5, 0.6) is 5.75 Å². The second-order valence-corrected chi connectivity index (χ2v) is 9.57. The summed E-state index contributed by atoms with van der Waals surface area (Å²) in [5, 5.41) is 7.31. The highest BCUT2D eigenvalue weighted by molar-refractivity contribution is 5.76. The van der Waals surface area contributed by atoms with Crippen LogP contribution < -0.4 is 10.1 Å². The van der Waals surface area contributed by atoms with Gasteiger partial charge in [-0.3, -0.25) is 14.5 Å². The number of rotatable bonds is 9. The van der Waals surface area contributed by atoms with E-state index in [1.165, 1.54) is 6.92 Å². The zero-order chi connectivity index (χ0) is 24.5. The van der Waals surface area contributed by atoms with Gasteiger partial charge in [0.05, 0.1) is 0 Å². The van der Waals surface area contributed by atoms with Crippen LogP contribution in [0.15, 0.2) is 34.9 Å². The third-order valence-corrected chi connectivity index (χ3v) is 6.97. The van der Waals surface area contributed by atoms with Gasteiger partial charge in [-0.1, -0.05) is 49.0 Å². The molecule has 0 radical (unpaired) electrons. The number of nitrogens with zero attached hydrogens (tertiary/aromatic N) is 4. The van der Waals surface area contributed by atoms with E-state index in [2.05, 4.69) is 20.4 Å². The molecule has 2 heterocycles. The number of carbonyl (C=O) groups excluding carboxylic acids is 2. The van der Waals surface area contributed by atoms with Crippen molar-refractivity contribution in [1.29, 1.82) is 0 Å². The average Bonchev–Trinajstić information content (AvgIpc) is 3.23. The molecule has 190 valence electrons. The van der Waals surface area contributed by atoms with Gasteiger partial charge in [0, 0.05) is 52.5 Å². The van der Waals surface area contributed by atoms with Crippen molar-refractivity contribution in [3.8, 4) is 5.75 Å². The van der Waals surface area contributed by atoms with E-state index in [0.29, 0.717) is 44.3 Å². The molecular weight excluding hydrogens is 446 g/mol. The monoisotopic (exact) mass is 483 g/mol. The SMILES string of the molecule is CC(=O)NC1(c2noc(CCC(=O)N3CCN(CCOc4ccccc4)CC3)n2)CCCCCC1. The van der Waals surface area contributed by atoms with Crippen LogP contribution in [-0.4, -0.2) is 71.1 Å². The van der Waals surface area contributed by atoms with Crippen molar-refractivity contribution in [2.75, 3.05) is 39.3 Å². The molecule has 1 N–H and O–H groups in total. The average molecular weight is 484 g/mol. The van der Waals surface area contributed by atoms with Gasteiger partial charge >= 0.3 is 0 Å². The van der Waals surface area contributed by atoms with Gasteiger partial charge in [-0.2, -0.15) is 4.98 Å². The van der Waals surface area contributed by atoms with Crippen molar-refractivity contribution in [3.63, 3.8) is 0 Å². The molecule has 0 bridgehead atoms. The summed E-state index contributed by atoms with van der Waals surface area (Å²) in [6.45, 7) is 6.12. The second kappa shape index (κ2) is 12.2. The number of para-hydroxylation sites is 1.